The molecule has 1 heterocycles. The van der Waals surface area contributed by atoms with Gasteiger partial charge in [-0.3, -0.25) is 4.90 Å². The lowest BCUT2D eigenvalue weighted by atomic mass is 9.87. The standard InChI is InChI=1S/C28H29NO2/c1-19-14-16-29(17-15-19)28(24-9-5-7-20-6-3-4-8-23(20)24)27-25-18-22(31-2)12-10-21(25)11-13-26(27)30/h3-13,18-19,28,30H,14-17H2,1-2H3. The number of likely N-dealkylation sites (tertiary alicyclic amines) is 1. The first-order chi connectivity index (χ1) is 15.2. The molecule has 1 fully saturated rings. The molecule has 1 N–H and O–H groups in total. The maximum absolute atomic E-state index is 11.2. The summed E-state index contributed by atoms with van der Waals surface area (Å²) in [6, 6.07) is 25.0. The summed E-state index contributed by atoms with van der Waals surface area (Å²) in [6.45, 7) is 4.38. The zero-order valence-corrected chi connectivity index (χ0v) is 18.2. The van der Waals surface area contributed by atoms with Gasteiger partial charge in [0.1, 0.15) is 11.5 Å². The number of benzene rings is 4. The Kier molecular flexibility index (Phi) is 5.29. The quantitative estimate of drug-likeness (QED) is 0.414. The minimum atomic E-state index is -0.0191. The molecule has 0 aromatic heterocycles. The minimum Gasteiger partial charge on any atom is -0.508 e. The Morgan fingerprint density at radius 3 is 2.39 bits per heavy atom. The van der Waals surface area contributed by atoms with Crippen LogP contribution in [0.4, 0.5) is 0 Å². The minimum absolute atomic E-state index is 0.0191. The molecule has 1 unspecified atom stereocenters. The molecule has 3 nitrogen and oxygen atoms in total. The zero-order valence-electron chi connectivity index (χ0n) is 18.2. The first kappa shape index (κ1) is 19.9. The first-order valence-electron chi connectivity index (χ1n) is 11.2. The van der Waals surface area contributed by atoms with Crippen LogP contribution in [0.3, 0.4) is 0 Å². The number of methoxy groups -OCH3 is 1. The van der Waals surface area contributed by atoms with E-state index in [9.17, 15) is 5.11 Å². The second kappa shape index (κ2) is 8.24. The molecule has 0 spiro atoms. The molecule has 0 bridgehead atoms. The number of hydrogen-bond donors (Lipinski definition) is 1. The van der Waals surface area contributed by atoms with Crippen molar-refractivity contribution in [2.24, 2.45) is 5.92 Å². The summed E-state index contributed by atoms with van der Waals surface area (Å²) in [5.41, 5.74) is 2.22. The molecule has 0 amide bonds. The van der Waals surface area contributed by atoms with E-state index in [-0.39, 0.29) is 6.04 Å². The summed E-state index contributed by atoms with van der Waals surface area (Å²) in [6.07, 6.45) is 2.35. The molecular weight excluding hydrogens is 382 g/mol. The average Bonchev–Trinajstić information content (AvgIpc) is 2.81. The summed E-state index contributed by atoms with van der Waals surface area (Å²) >= 11 is 0. The third-order valence-electron chi connectivity index (χ3n) is 6.82. The van der Waals surface area contributed by atoms with Gasteiger partial charge in [0.2, 0.25) is 0 Å². The predicted molar refractivity (Wildman–Crippen MR) is 128 cm³/mol. The molecule has 1 atom stereocenters. The lowest BCUT2D eigenvalue weighted by Crippen LogP contribution is -2.37. The summed E-state index contributed by atoms with van der Waals surface area (Å²) < 4.78 is 5.54. The van der Waals surface area contributed by atoms with Gasteiger partial charge in [-0.25, -0.2) is 0 Å². The Balaban J connectivity index is 1.78. The van der Waals surface area contributed by atoms with Gasteiger partial charge in [-0.15, -0.1) is 0 Å². The maximum atomic E-state index is 11.2. The summed E-state index contributed by atoms with van der Waals surface area (Å²) in [5, 5.41) is 15.8. The smallest absolute Gasteiger partial charge is 0.121 e. The lowest BCUT2D eigenvalue weighted by Gasteiger charge is -2.38. The number of nitrogens with zero attached hydrogens (tertiary/aromatic N) is 1. The molecular formula is C28H29NO2. The van der Waals surface area contributed by atoms with Gasteiger partial charge >= 0.3 is 0 Å². The van der Waals surface area contributed by atoms with E-state index in [1.165, 1.54) is 29.2 Å². The van der Waals surface area contributed by atoms with Gasteiger partial charge in [0.25, 0.3) is 0 Å². The van der Waals surface area contributed by atoms with Gasteiger partial charge in [-0.2, -0.15) is 0 Å². The van der Waals surface area contributed by atoms with E-state index in [0.717, 1.165) is 41.1 Å². The van der Waals surface area contributed by atoms with Crippen molar-refractivity contribution in [3.05, 3.63) is 83.9 Å². The highest BCUT2D eigenvalue weighted by Gasteiger charge is 2.30. The normalized spacial score (nSPS) is 16.6. The number of fused-ring (bicyclic) bond motifs is 2. The van der Waals surface area contributed by atoms with E-state index in [2.05, 4.69) is 66.4 Å². The largest absolute Gasteiger partial charge is 0.508 e. The second-order valence-corrected chi connectivity index (χ2v) is 8.77. The van der Waals surface area contributed by atoms with Crippen molar-refractivity contribution >= 4 is 21.5 Å². The van der Waals surface area contributed by atoms with Gasteiger partial charge in [-0.05, 0) is 77.2 Å². The molecule has 5 rings (SSSR count). The van der Waals surface area contributed by atoms with Crippen molar-refractivity contribution in [2.75, 3.05) is 20.2 Å². The first-order valence-corrected chi connectivity index (χ1v) is 11.2. The molecule has 3 heteroatoms. The van der Waals surface area contributed by atoms with E-state index in [4.69, 9.17) is 4.74 Å². The van der Waals surface area contributed by atoms with Crippen molar-refractivity contribution in [1.29, 1.82) is 0 Å². The van der Waals surface area contributed by atoms with Crippen LogP contribution in [0.2, 0.25) is 0 Å². The van der Waals surface area contributed by atoms with Crippen LogP contribution in [0, 0.1) is 5.92 Å². The van der Waals surface area contributed by atoms with Crippen LogP contribution in [-0.4, -0.2) is 30.2 Å². The molecule has 4 aromatic rings. The number of hydrogen-bond acceptors (Lipinski definition) is 3. The summed E-state index contributed by atoms with van der Waals surface area (Å²) in [4.78, 5) is 2.55. The number of phenols is 1. The number of piperidine rings is 1. The monoisotopic (exact) mass is 411 g/mol. The zero-order chi connectivity index (χ0) is 21.4. The van der Waals surface area contributed by atoms with Crippen LogP contribution < -0.4 is 4.74 Å². The Morgan fingerprint density at radius 2 is 1.58 bits per heavy atom. The highest BCUT2D eigenvalue weighted by molar-refractivity contribution is 5.92. The fraction of sp³-hybridized carbons (Fsp3) is 0.286. The van der Waals surface area contributed by atoms with E-state index in [0.29, 0.717) is 5.75 Å². The molecule has 1 saturated heterocycles. The third kappa shape index (κ3) is 3.64. The Labute approximate surface area is 183 Å². The summed E-state index contributed by atoms with van der Waals surface area (Å²) in [5.74, 6) is 1.89. The number of phenolic OH excluding ortho intramolecular Hbond substituents is 1. The van der Waals surface area contributed by atoms with Crippen LogP contribution in [0.15, 0.2) is 72.8 Å². The van der Waals surface area contributed by atoms with E-state index in [1.807, 2.05) is 18.2 Å². The van der Waals surface area contributed by atoms with Crippen molar-refractivity contribution in [3.63, 3.8) is 0 Å². The van der Waals surface area contributed by atoms with Crippen LogP contribution in [-0.2, 0) is 0 Å². The lowest BCUT2D eigenvalue weighted by molar-refractivity contribution is 0.157. The highest BCUT2D eigenvalue weighted by Crippen LogP contribution is 2.43. The molecule has 158 valence electrons. The van der Waals surface area contributed by atoms with Gasteiger partial charge in [0.15, 0.2) is 0 Å². The van der Waals surface area contributed by atoms with Gasteiger partial charge in [-0.1, -0.05) is 61.5 Å². The molecule has 0 radical (unpaired) electrons. The fourth-order valence-corrected chi connectivity index (χ4v) is 5.04. The van der Waals surface area contributed by atoms with Crippen molar-refractivity contribution in [3.8, 4) is 11.5 Å². The Bertz CT molecular complexity index is 1220. The SMILES string of the molecule is COc1ccc2ccc(O)c(C(c3cccc4ccccc34)N3CCC(C)CC3)c2c1. The number of rotatable bonds is 4. The predicted octanol–water partition coefficient (Wildman–Crippen LogP) is 6.53. The molecule has 0 aliphatic carbocycles. The molecule has 1 aliphatic rings. The second-order valence-electron chi connectivity index (χ2n) is 8.77. The van der Waals surface area contributed by atoms with Gasteiger partial charge < -0.3 is 9.84 Å². The van der Waals surface area contributed by atoms with E-state index < -0.39 is 0 Å². The van der Waals surface area contributed by atoms with E-state index >= 15 is 0 Å². The van der Waals surface area contributed by atoms with Crippen LogP contribution in [0.1, 0.15) is 36.9 Å². The number of aromatic hydroxyl groups is 1. The third-order valence-corrected chi connectivity index (χ3v) is 6.82. The molecule has 4 aromatic carbocycles. The highest BCUT2D eigenvalue weighted by atomic mass is 16.5. The summed E-state index contributed by atoms with van der Waals surface area (Å²) in [7, 11) is 1.69. The maximum Gasteiger partial charge on any atom is 0.121 e. The van der Waals surface area contributed by atoms with Gasteiger partial charge in [0.05, 0.1) is 13.2 Å². The molecule has 1 aliphatic heterocycles. The van der Waals surface area contributed by atoms with E-state index in [1.54, 1.807) is 7.11 Å². The molecule has 31 heavy (non-hydrogen) atoms. The van der Waals surface area contributed by atoms with Crippen LogP contribution >= 0.6 is 0 Å². The van der Waals surface area contributed by atoms with Crippen molar-refractivity contribution in [2.45, 2.75) is 25.8 Å². The molecule has 0 saturated carbocycles. The van der Waals surface area contributed by atoms with Crippen molar-refractivity contribution in [1.82, 2.24) is 4.90 Å². The Morgan fingerprint density at radius 1 is 0.871 bits per heavy atom. The average molecular weight is 412 g/mol. The van der Waals surface area contributed by atoms with Crippen LogP contribution in [0.5, 0.6) is 11.5 Å². The van der Waals surface area contributed by atoms with Gasteiger partial charge in [0, 0.05) is 5.56 Å². The Hall–Kier alpha value is -3.04. The van der Waals surface area contributed by atoms with Crippen molar-refractivity contribution < 1.29 is 9.84 Å². The topological polar surface area (TPSA) is 32.7 Å². The fourth-order valence-electron chi connectivity index (χ4n) is 5.04. The number of ether oxygens (including phenoxy) is 1. The van der Waals surface area contributed by atoms with Crippen LogP contribution in [0.25, 0.3) is 21.5 Å².